The van der Waals surface area contributed by atoms with Crippen molar-refractivity contribution >= 4 is 11.8 Å². The van der Waals surface area contributed by atoms with E-state index in [4.69, 9.17) is 4.74 Å². The fourth-order valence-corrected chi connectivity index (χ4v) is 3.23. The molecule has 2 aromatic carbocycles. The number of aryl methyl sites for hydroxylation is 1. The molecule has 0 aromatic heterocycles. The molecule has 0 aliphatic heterocycles. The van der Waals surface area contributed by atoms with E-state index in [9.17, 15) is 9.59 Å². The van der Waals surface area contributed by atoms with Crippen molar-refractivity contribution < 1.29 is 14.3 Å². The fraction of sp³-hybridized carbons (Fsp3) is 0.481. The van der Waals surface area contributed by atoms with E-state index < -0.39 is 6.04 Å². The summed E-state index contributed by atoms with van der Waals surface area (Å²) in [6, 6.07) is 15.1. The topological polar surface area (TPSA) is 58.6 Å². The summed E-state index contributed by atoms with van der Waals surface area (Å²) in [4.78, 5) is 27.5. The van der Waals surface area contributed by atoms with Crippen LogP contribution in [0, 0.1) is 6.92 Å². The highest BCUT2D eigenvalue weighted by molar-refractivity contribution is 5.88. The van der Waals surface area contributed by atoms with Crippen molar-refractivity contribution in [2.75, 3.05) is 6.61 Å². The highest BCUT2D eigenvalue weighted by Gasteiger charge is 2.28. The van der Waals surface area contributed by atoms with Gasteiger partial charge in [-0.3, -0.25) is 9.59 Å². The maximum absolute atomic E-state index is 13.1. The summed E-state index contributed by atoms with van der Waals surface area (Å²) in [5.74, 6) is 0.211. The first-order chi connectivity index (χ1) is 14.8. The minimum absolute atomic E-state index is 0.0506. The lowest BCUT2D eigenvalue weighted by Gasteiger charge is -2.31. The summed E-state index contributed by atoms with van der Waals surface area (Å²) in [5.41, 5.74) is 2.98. The Balaban J connectivity index is 2.15. The van der Waals surface area contributed by atoms with E-state index in [1.165, 1.54) is 5.56 Å². The van der Waals surface area contributed by atoms with Crippen molar-refractivity contribution in [1.29, 1.82) is 0 Å². The molecule has 2 aromatic rings. The first kappa shape index (κ1) is 25.4. The highest BCUT2D eigenvalue weighted by Crippen LogP contribution is 2.24. The Hall–Kier alpha value is -2.82. The van der Waals surface area contributed by atoms with E-state index in [0.29, 0.717) is 12.3 Å². The Bertz CT molecular complexity index is 904. The van der Waals surface area contributed by atoms with Gasteiger partial charge in [-0.2, -0.15) is 0 Å². The van der Waals surface area contributed by atoms with Gasteiger partial charge in [0.05, 0.1) is 0 Å². The largest absolute Gasteiger partial charge is 0.484 e. The van der Waals surface area contributed by atoms with Gasteiger partial charge in [-0.05, 0) is 63.3 Å². The van der Waals surface area contributed by atoms with Gasteiger partial charge in [0.1, 0.15) is 11.8 Å². The van der Waals surface area contributed by atoms with Gasteiger partial charge < -0.3 is 15.0 Å². The first-order valence-corrected chi connectivity index (χ1v) is 11.2. The third-order valence-electron chi connectivity index (χ3n) is 5.22. The van der Waals surface area contributed by atoms with Crippen molar-refractivity contribution in [3.63, 3.8) is 0 Å². The summed E-state index contributed by atoms with van der Waals surface area (Å²) in [6.07, 6.45) is 0. The highest BCUT2D eigenvalue weighted by atomic mass is 16.5. The molecule has 2 amide bonds. The van der Waals surface area contributed by atoms with Crippen LogP contribution in [0.1, 0.15) is 65.2 Å². The smallest absolute Gasteiger partial charge is 0.261 e. The number of carbonyl (C=O) groups is 2. The Morgan fingerprint density at radius 3 is 2.00 bits per heavy atom. The quantitative estimate of drug-likeness (QED) is 0.662. The molecule has 0 saturated carbocycles. The van der Waals surface area contributed by atoms with Gasteiger partial charge in [0.2, 0.25) is 5.91 Å². The van der Waals surface area contributed by atoms with Crippen molar-refractivity contribution in [2.24, 2.45) is 0 Å². The Morgan fingerprint density at radius 1 is 0.938 bits per heavy atom. The lowest BCUT2D eigenvalue weighted by Crippen LogP contribution is -2.53. The van der Waals surface area contributed by atoms with Crippen LogP contribution < -0.4 is 10.1 Å². The van der Waals surface area contributed by atoms with Gasteiger partial charge in [-0.25, -0.2) is 0 Å². The predicted molar refractivity (Wildman–Crippen MR) is 130 cm³/mol. The molecule has 0 radical (unpaired) electrons. The zero-order valence-corrected chi connectivity index (χ0v) is 20.8. The number of benzene rings is 2. The van der Waals surface area contributed by atoms with E-state index in [0.717, 1.165) is 11.1 Å². The average Bonchev–Trinajstić information content (AvgIpc) is 2.69. The van der Waals surface area contributed by atoms with Crippen LogP contribution in [0.4, 0.5) is 0 Å². The van der Waals surface area contributed by atoms with Gasteiger partial charge in [0, 0.05) is 12.1 Å². The van der Waals surface area contributed by atoms with Crippen LogP contribution in [0.25, 0.3) is 0 Å². The van der Waals surface area contributed by atoms with Crippen LogP contribution in [0.3, 0.4) is 0 Å². The van der Waals surface area contributed by atoms with Crippen molar-refractivity contribution in [2.45, 2.75) is 78.9 Å². The van der Waals surface area contributed by atoms with Crippen LogP contribution in [0.15, 0.2) is 48.5 Å². The number of nitrogens with zero attached hydrogens (tertiary/aromatic N) is 1. The Kier molecular flexibility index (Phi) is 8.11. The van der Waals surface area contributed by atoms with Gasteiger partial charge >= 0.3 is 0 Å². The van der Waals surface area contributed by atoms with Gasteiger partial charge in [-0.15, -0.1) is 0 Å². The number of rotatable bonds is 7. The monoisotopic (exact) mass is 438 g/mol. The number of amides is 2. The van der Waals surface area contributed by atoms with E-state index in [-0.39, 0.29) is 29.4 Å². The Labute approximate surface area is 193 Å². The first-order valence-electron chi connectivity index (χ1n) is 11.2. The van der Waals surface area contributed by atoms with Crippen LogP contribution in [-0.4, -0.2) is 34.9 Å². The second-order valence-electron chi connectivity index (χ2n) is 10.5. The van der Waals surface area contributed by atoms with Crippen LogP contribution in [0.2, 0.25) is 0 Å². The molecule has 0 heterocycles. The second kappa shape index (κ2) is 10.2. The standard InChI is InChI=1S/C27H38N2O3/c1-19-9-11-21(12-10-19)17-29(20(2)25(31)28-27(6,7)8)24(30)18-32-23-15-13-22(14-16-23)26(3,4)5/h9-16,20H,17-18H2,1-8H3,(H,28,31)/t20-/m0/s1. The summed E-state index contributed by atoms with van der Waals surface area (Å²) < 4.78 is 5.78. The summed E-state index contributed by atoms with van der Waals surface area (Å²) in [7, 11) is 0. The molecule has 1 atom stereocenters. The summed E-state index contributed by atoms with van der Waals surface area (Å²) >= 11 is 0. The van der Waals surface area contributed by atoms with Crippen LogP contribution >= 0.6 is 0 Å². The molecule has 0 aliphatic rings. The maximum Gasteiger partial charge on any atom is 0.261 e. The molecular formula is C27H38N2O3. The summed E-state index contributed by atoms with van der Waals surface area (Å²) in [5, 5.41) is 2.97. The summed E-state index contributed by atoms with van der Waals surface area (Å²) in [6.45, 7) is 16.2. The molecule has 0 bridgehead atoms. The molecule has 0 aliphatic carbocycles. The number of nitrogens with one attached hydrogen (secondary N) is 1. The number of hydrogen-bond donors (Lipinski definition) is 1. The molecule has 0 unspecified atom stereocenters. The number of carbonyl (C=O) groups excluding carboxylic acids is 2. The lowest BCUT2D eigenvalue weighted by molar-refractivity contribution is -0.142. The third kappa shape index (κ3) is 7.70. The fourth-order valence-electron chi connectivity index (χ4n) is 3.23. The molecule has 5 heteroatoms. The maximum atomic E-state index is 13.1. The Morgan fingerprint density at radius 2 is 1.50 bits per heavy atom. The van der Waals surface area contributed by atoms with Gasteiger partial charge in [-0.1, -0.05) is 62.7 Å². The molecule has 32 heavy (non-hydrogen) atoms. The molecule has 2 rings (SSSR count). The average molecular weight is 439 g/mol. The molecule has 0 fully saturated rings. The van der Waals surface area contributed by atoms with E-state index in [2.05, 4.69) is 26.1 Å². The molecular weight excluding hydrogens is 400 g/mol. The minimum atomic E-state index is -0.630. The zero-order chi connectivity index (χ0) is 24.1. The normalized spacial score (nSPS) is 12.8. The van der Waals surface area contributed by atoms with Crippen LogP contribution in [0.5, 0.6) is 5.75 Å². The van der Waals surface area contributed by atoms with Gasteiger partial charge in [0.15, 0.2) is 6.61 Å². The second-order valence-corrected chi connectivity index (χ2v) is 10.5. The van der Waals surface area contributed by atoms with E-state index in [1.54, 1.807) is 11.8 Å². The van der Waals surface area contributed by atoms with Crippen molar-refractivity contribution in [3.05, 3.63) is 65.2 Å². The zero-order valence-electron chi connectivity index (χ0n) is 20.8. The lowest BCUT2D eigenvalue weighted by atomic mass is 9.87. The van der Waals surface area contributed by atoms with Crippen molar-refractivity contribution in [3.8, 4) is 5.75 Å². The molecule has 174 valence electrons. The number of hydrogen-bond acceptors (Lipinski definition) is 3. The van der Waals surface area contributed by atoms with E-state index >= 15 is 0 Å². The molecule has 1 N–H and O–H groups in total. The van der Waals surface area contributed by atoms with Crippen molar-refractivity contribution in [1.82, 2.24) is 10.2 Å². The number of ether oxygens (including phenoxy) is 1. The predicted octanol–water partition coefficient (Wildman–Crippen LogP) is 5.00. The minimum Gasteiger partial charge on any atom is -0.484 e. The molecule has 0 saturated heterocycles. The van der Waals surface area contributed by atoms with E-state index in [1.807, 2.05) is 76.2 Å². The van der Waals surface area contributed by atoms with Gasteiger partial charge in [0.25, 0.3) is 5.91 Å². The third-order valence-corrected chi connectivity index (χ3v) is 5.22. The van der Waals surface area contributed by atoms with Crippen LogP contribution in [-0.2, 0) is 21.5 Å². The molecule has 0 spiro atoms. The SMILES string of the molecule is Cc1ccc(CN(C(=O)COc2ccc(C(C)(C)C)cc2)[C@@H](C)C(=O)NC(C)(C)C)cc1. The molecule has 5 nitrogen and oxygen atoms in total.